The van der Waals surface area contributed by atoms with Gasteiger partial charge in [0, 0.05) is 32.1 Å². The van der Waals surface area contributed by atoms with E-state index in [0.29, 0.717) is 31.6 Å². The van der Waals surface area contributed by atoms with Crippen molar-refractivity contribution in [3.63, 3.8) is 0 Å². The molecular formula is C28H31N3O5S. The van der Waals surface area contributed by atoms with Crippen molar-refractivity contribution >= 4 is 28.1 Å². The van der Waals surface area contributed by atoms with Crippen LogP contribution in [0.3, 0.4) is 0 Å². The van der Waals surface area contributed by atoms with E-state index in [1.807, 2.05) is 41.3 Å². The van der Waals surface area contributed by atoms with Gasteiger partial charge in [-0.1, -0.05) is 47.6 Å². The van der Waals surface area contributed by atoms with Crippen LogP contribution >= 0.6 is 0 Å². The number of rotatable bonds is 6. The molecule has 0 aliphatic carbocycles. The van der Waals surface area contributed by atoms with Crippen LogP contribution < -0.4 is 4.74 Å². The first-order valence-electron chi connectivity index (χ1n) is 12.5. The zero-order chi connectivity index (χ0) is 26.0. The van der Waals surface area contributed by atoms with Gasteiger partial charge in [-0.2, -0.15) is 4.31 Å². The fraction of sp³-hybridized carbons (Fsp3) is 0.357. The lowest BCUT2D eigenvalue weighted by Gasteiger charge is -2.35. The molecule has 2 aliphatic heterocycles. The van der Waals surface area contributed by atoms with E-state index in [1.54, 1.807) is 26.2 Å². The maximum absolute atomic E-state index is 13.6. The van der Waals surface area contributed by atoms with Crippen molar-refractivity contribution in [1.29, 1.82) is 0 Å². The molecule has 0 N–H and O–H groups in total. The summed E-state index contributed by atoms with van der Waals surface area (Å²) in [7, 11) is -2.23. The first-order chi connectivity index (χ1) is 17.9. The predicted molar refractivity (Wildman–Crippen MR) is 140 cm³/mol. The van der Waals surface area contributed by atoms with Gasteiger partial charge in [0.25, 0.3) is 0 Å². The summed E-state index contributed by atoms with van der Waals surface area (Å²) in [6, 6.07) is 15.6. The summed E-state index contributed by atoms with van der Waals surface area (Å²) in [5, 5.41) is 3.93. The van der Waals surface area contributed by atoms with E-state index in [0.717, 1.165) is 17.7 Å². The van der Waals surface area contributed by atoms with E-state index in [1.165, 1.54) is 15.4 Å². The molecule has 0 bridgehead atoms. The molecule has 2 aromatic carbocycles. The third kappa shape index (κ3) is 5.19. The van der Waals surface area contributed by atoms with Crippen LogP contribution in [0.2, 0.25) is 0 Å². The molecule has 9 heteroatoms. The van der Waals surface area contributed by atoms with Crippen molar-refractivity contribution in [2.75, 3.05) is 26.7 Å². The summed E-state index contributed by atoms with van der Waals surface area (Å²) in [6.07, 6.45) is 5.25. The van der Waals surface area contributed by atoms with Crippen LogP contribution in [0.15, 0.2) is 57.9 Å². The second-order valence-electron chi connectivity index (χ2n) is 9.52. The molecule has 5 rings (SSSR count). The molecule has 1 saturated heterocycles. The summed E-state index contributed by atoms with van der Waals surface area (Å²) < 4.78 is 39.2. The minimum absolute atomic E-state index is 0.0784. The topological polar surface area (TPSA) is 93.0 Å². The summed E-state index contributed by atoms with van der Waals surface area (Å²) in [6.45, 7) is 3.53. The third-order valence-electron chi connectivity index (χ3n) is 7.22. The van der Waals surface area contributed by atoms with Crippen LogP contribution in [-0.4, -0.2) is 55.4 Å². The van der Waals surface area contributed by atoms with Crippen molar-refractivity contribution in [2.45, 2.75) is 37.6 Å². The minimum atomic E-state index is -3.83. The summed E-state index contributed by atoms with van der Waals surface area (Å²) in [4.78, 5) is 15.2. The molecule has 2 aliphatic rings. The molecule has 3 aromatic rings. The number of methoxy groups -OCH3 is 1. The maximum Gasteiger partial charge on any atom is 0.248 e. The predicted octanol–water partition coefficient (Wildman–Crippen LogP) is 4.15. The number of aryl methyl sites for hydroxylation is 1. The van der Waals surface area contributed by atoms with Crippen molar-refractivity contribution in [3.05, 3.63) is 76.7 Å². The Kier molecular flexibility index (Phi) is 7.17. The van der Waals surface area contributed by atoms with Gasteiger partial charge in [0.05, 0.1) is 7.11 Å². The molecule has 1 fully saturated rings. The van der Waals surface area contributed by atoms with Crippen LogP contribution in [0.25, 0.3) is 12.2 Å². The Balaban J connectivity index is 1.25. The second-order valence-corrected chi connectivity index (χ2v) is 11.4. The van der Waals surface area contributed by atoms with Crippen molar-refractivity contribution in [2.24, 2.45) is 5.92 Å². The van der Waals surface area contributed by atoms with Gasteiger partial charge in [0.15, 0.2) is 10.7 Å². The second kappa shape index (κ2) is 10.5. The SMILES string of the molecule is COc1ccc(C=Cc2onc(C)c2S(=O)(=O)N2CCC(C(=O)N3CCc4ccccc4C3)CC2)cc1. The largest absolute Gasteiger partial charge is 0.497 e. The average Bonchev–Trinajstić information content (AvgIpc) is 3.32. The first-order valence-corrected chi connectivity index (χ1v) is 13.9. The number of carbonyl (C=O) groups excluding carboxylic acids is 1. The van der Waals surface area contributed by atoms with Gasteiger partial charge in [0.2, 0.25) is 15.9 Å². The standard InChI is InChI=1S/C28H31N3O5S/c1-20-27(26(36-29-20)12-9-21-7-10-25(35-2)11-8-21)37(33,34)31-17-14-23(15-18-31)28(32)30-16-13-22-5-3-4-6-24(22)19-30/h3-12,23H,13-19H2,1-2H3. The van der Waals surface area contributed by atoms with E-state index in [4.69, 9.17) is 9.26 Å². The number of benzene rings is 2. The number of aromatic nitrogens is 1. The molecule has 0 spiro atoms. The number of hydrogen-bond acceptors (Lipinski definition) is 6. The number of piperidine rings is 1. The molecule has 0 saturated carbocycles. The molecule has 0 atom stereocenters. The minimum Gasteiger partial charge on any atom is -0.497 e. The van der Waals surface area contributed by atoms with E-state index in [9.17, 15) is 13.2 Å². The molecule has 0 unspecified atom stereocenters. The van der Waals surface area contributed by atoms with Gasteiger partial charge in [-0.15, -0.1) is 0 Å². The average molecular weight is 522 g/mol. The number of nitrogens with zero attached hydrogens (tertiary/aromatic N) is 3. The number of carbonyl (C=O) groups is 1. The van der Waals surface area contributed by atoms with E-state index < -0.39 is 10.0 Å². The molecule has 3 heterocycles. The van der Waals surface area contributed by atoms with Crippen LogP contribution in [-0.2, 0) is 27.8 Å². The van der Waals surface area contributed by atoms with E-state index in [2.05, 4.69) is 17.3 Å². The highest BCUT2D eigenvalue weighted by molar-refractivity contribution is 7.89. The Hall–Kier alpha value is -3.43. The lowest BCUT2D eigenvalue weighted by Crippen LogP contribution is -2.45. The number of fused-ring (bicyclic) bond motifs is 1. The Labute approximate surface area is 217 Å². The molecule has 1 amide bonds. The Morgan fingerprint density at radius 3 is 2.43 bits per heavy atom. The van der Waals surface area contributed by atoms with Gasteiger partial charge in [0.1, 0.15) is 11.4 Å². The smallest absolute Gasteiger partial charge is 0.248 e. The van der Waals surface area contributed by atoms with Gasteiger partial charge in [-0.05, 0) is 61.1 Å². The summed E-state index contributed by atoms with van der Waals surface area (Å²) >= 11 is 0. The number of sulfonamides is 1. The van der Waals surface area contributed by atoms with Crippen LogP contribution in [0.4, 0.5) is 0 Å². The monoisotopic (exact) mass is 521 g/mol. The molecular weight excluding hydrogens is 490 g/mol. The van der Waals surface area contributed by atoms with Crippen LogP contribution in [0.1, 0.15) is 41.0 Å². The first kappa shape index (κ1) is 25.2. The molecule has 8 nitrogen and oxygen atoms in total. The Morgan fingerprint density at radius 1 is 1.03 bits per heavy atom. The molecule has 194 valence electrons. The highest BCUT2D eigenvalue weighted by Crippen LogP contribution is 2.31. The van der Waals surface area contributed by atoms with E-state index >= 15 is 0 Å². The highest BCUT2D eigenvalue weighted by Gasteiger charge is 2.37. The lowest BCUT2D eigenvalue weighted by molar-refractivity contribution is -0.137. The zero-order valence-corrected chi connectivity index (χ0v) is 21.9. The lowest BCUT2D eigenvalue weighted by atomic mass is 9.94. The number of amides is 1. The number of hydrogen-bond donors (Lipinski definition) is 0. The Bertz CT molecular complexity index is 1400. The highest BCUT2D eigenvalue weighted by atomic mass is 32.2. The normalized spacial score (nSPS) is 17.2. The summed E-state index contributed by atoms with van der Waals surface area (Å²) in [5.41, 5.74) is 3.69. The zero-order valence-electron chi connectivity index (χ0n) is 21.1. The van der Waals surface area contributed by atoms with Gasteiger partial charge in [-0.25, -0.2) is 8.42 Å². The fourth-order valence-corrected chi connectivity index (χ4v) is 6.82. The molecule has 1 aromatic heterocycles. The maximum atomic E-state index is 13.6. The van der Waals surface area contributed by atoms with Crippen LogP contribution in [0, 0.1) is 12.8 Å². The van der Waals surface area contributed by atoms with Gasteiger partial charge < -0.3 is 14.2 Å². The van der Waals surface area contributed by atoms with Gasteiger partial charge in [-0.3, -0.25) is 4.79 Å². The summed E-state index contributed by atoms with van der Waals surface area (Å²) in [5.74, 6) is 0.881. The van der Waals surface area contributed by atoms with Crippen molar-refractivity contribution in [1.82, 2.24) is 14.4 Å². The van der Waals surface area contributed by atoms with Gasteiger partial charge >= 0.3 is 0 Å². The van der Waals surface area contributed by atoms with Crippen molar-refractivity contribution < 1.29 is 22.5 Å². The van der Waals surface area contributed by atoms with Crippen molar-refractivity contribution in [3.8, 4) is 5.75 Å². The number of ether oxygens (including phenoxy) is 1. The molecule has 0 radical (unpaired) electrons. The molecule has 37 heavy (non-hydrogen) atoms. The third-order valence-corrected chi connectivity index (χ3v) is 9.28. The van der Waals surface area contributed by atoms with Crippen LogP contribution in [0.5, 0.6) is 5.75 Å². The Morgan fingerprint density at radius 2 is 1.73 bits per heavy atom. The van der Waals surface area contributed by atoms with E-state index in [-0.39, 0.29) is 35.6 Å². The fourth-order valence-electron chi connectivity index (χ4n) is 5.10. The quantitative estimate of drug-likeness (QED) is 0.484.